The molecule has 112 valence electrons. The van der Waals surface area contributed by atoms with Crippen LogP contribution in [0.3, 0.4) is 0 Å². The number of hydrogen-bond acceptors (Lipinski definition) is 4. The van der Waals surface area contributed by atoms with Crippen molar-refractivity contribution in [3.05, 3.63) is 52.1 Å². The fourth-order valence-corrected chi connectivity index (χ4v) is 3.78. The maximum atomic E-state index is 12.2. The third kappa shape index (κ3) is 3.85. The van der Waals surface area contributed by atoms with Crippen molar-refractivity contribution >= 4 is 33.2 Å². The highest BCUT2D eigenvalue weighted by Crippen LogP contribution is 2.28. The molecule has 0 bridgehead atoms. The molecule has 0 amide bonds. The van der Waals surface area contributed by atoms with E-state index in [2.05, 4.69) is 9.71 Å². The third-order valence-electron chi connectivity index (χ3n) is 2.66. The molecule has 1 aromatic carbocycles. The predicted molar refractivity (Wildman–Crippen MR) is 81.3 cm³/mol. The Kier molecular flexibility index (Phi) is 5.05. The van der Waals surface area contributed by atoms with Gasteiger partial charge in [0.1, 0.15) is 4.90 Å². The van der Waals surface area contributed by atoms with Gasteiger partial charge in [-0.1, -0.05) is 35.3 Å². The Hall–Kier alpha value is -1.34. The molecule has 0 aliphatic carbocycles. The number of benzene rings is 1. The van der Waals surface area contributed by atoms with E-state index in [9.17, 15) is 8.42 Å². The summed E-state index contributed by atoms with van der Waals surface area (Å²) >= 11 is 11.8. The first-order chi connectivity index (χ1) is 9.94. The van der Waals surface area contributed by atoms with Crippen molar-refractivity contribution in [1.82, 2.24) is 9.71 Å². The monoisotopic (exact) mass is 346 g/mol. The zero-order valence-electron chi connectivity index (χ0n) is 11.0. The molecule has 1 N–H and O–H groups in total. The number of ether oxygens (including phenoxy) is 1. The molecule has 0 aliphatic rings. The summed E-state index contributed by atoms with van der Waals surface area (Å²) in [6, 6.07) is 7.87. The van der Waals surface area contributed by atoms with E-state index < -0.39 is 10.0 Å². The average Bonchev–Trinajstić information content (AvgIpc) is 2.45. The SMILES string of the molecule is COc1ccc(CNS(=O)(=O)c2c(Cl)cccc2Cl)cn1. The summed E-state index contributed by atoms with van der Waals surface area (Å²) in [5.74, 6) is 0.454. The van der Waals surface area contributed by atoms with E-state index >= 15 is 0 Å². The van der Waals surface area contributed by atoms with E-state index in [-0.39, 0.29) is 21.5 Å². The first-order valence-electron chi connectivity index (χ1n) is 5.86. The molecule has 0 saturated carbocycles. The van der Waals surface area contributed by atoms with Gasteiger partial charge in [-0.15, -0.1) is 0 Å². The van der Waals surface area contributed by atoms with Crippen LogP contribution in [0.15, 0.2) is 41.4 Å². The van der Waals surface area contributed by atoms with Crippen molar-refractivity contribution in [1.29, 1.82) is 0 Å². The number of nitrogens with one attached hydrogen (secondary N) is 1. The van der Waals surface area contributed by atoms with Gasteiger partial charge in [0.15, 0.2) is 0 Å². The van der Waals surface area contributed by atoms with Crippen LogP contribution >= 0.6 is 23.2 Å². The summed E-state index contributed by atoms with van der Waals surface area (Å²) in [5.41, 5.74) is 0.683. The summed E-state index contributed by atoms with van der Waals surface area (Å²) < 4.78 is 31.9. The Labute approximate surface area is 132 Å². The van der Waals surface area contributed by atoms with E-state index in [1.807, 2.05) is 0 Å². The lowest BCUT2D eigenvalue weighted by Crippen LogP contribution is -2.24. The van der Waals surface area contributed by atoms with E-state index in [0.29, 0.717) is 11.4 Å². The van der Waals surface area contributed by atoms with Crippen molar-refractivity contribution in [3.63, 3.8) is 0 Å². The maximum absolute atomic E-state index is 12.2. The van der Waals surface area contributed by atoms with Gasteiger partial charge in [0.05, 0.1) is 17.2 Å². The second-order valence-electron chi connectivity index (χ2n) is 4.08. The topological polar surface area (TPSA) is 68.3 Å². The first kappa shape index (κ1) is 16.0. The van der Waals surface area contributed by atoms with Gasteiger partial charge in [-0.3, -0.25) is 0 Å². The van der Waals surface area contributed by atoms with Gasteiger partial charge in [-0.2, -0.15) is 0 Å². The lowest BCUT2D eigenvalue weighted by Gasteiger charge is -2.10. The van der Waals surface area contributed by atoms with Gasteiger partial charge in [0, 0.05) is 18.8 Å². The Morgan fingerprint density at radius 3 is 2.38 bits per heavy atom. The molecule has 1 aromatic heterocycles. The molecule has 5 nitrogen and oxygen atoms in total. The van der Waals surface area contributed by atoms with Crippen molar-refractivity contribution in [2.75, 3.05) is 7.11 Å². The molecule has 0 unspecified atom stereocenters. The number of halogens is 2. The van der Waals surface area contributed by atoms with Gasteiger partial charge in [0.25, 0.3) is 0 Å². The molecule has 0 aliphatic heterocycles. The lowest BCUT2D eigenvalue weighted by molar-refractivity contribution is 0.397. The standard InChI is InChI=1S/C13H12Cl2N2O3S/c1-20-12-6-5-9(7-16-12)8-17-21(18,19)13-10(14)3-2-4-11(13)15/h2-7,17H,8H2,1H3. The van der Waals surface area contributed by atoms with Crippen LogP contribution in [0.5, 0.6) is 5.88 Å². The minimum Gasteiger partial charge on any atom is -0.481 e. The number of methoxy groups -OCH3 is 1. The molecule has 1 heterocycles. The number of hydrogen-bond donors (Lipinski definition) is 1. The molecule has 21 heavy (non-hydrogen) atoms. The van der Waals surface area contributed by atoms with Crippen molar-refractivity contribution in [2.24, 2.45) is 0 Å². The van der Waals surface area contributed by atoms with E-state index in [4.69, 9.17) is 27.9 Å². The summed E-state index contributed by atoms with van der Waals surface area (Å²) in [6.07, 6.45) is 1.52. The smallest absolute Gasteiger partial charge is 0.243 e. The molecule has 8 heteroatoms. The minimum atomic E-state index is -3.81. The fourth-order valence-electron chi connectivity index (χ4n) is 1.63. The Balaban J connectivity index is 2.18. The maximum Gasteiger partial charge on any atom is 0.243 e. The predicted octanol–water partition coefficient (Wildman–Crippen LogP) is 2.88. The van der Waals surface area contributed by atoms with E-state index in [0.717, 1.165) is 0 Å². The number of rotatable bonds is 5. The largest absolute Gasteiger partial charge is 0.481 e. The van der Waals surface area contributed by atoms with Gasteiger partial charge in [-0.25, -0.2) is 18.1 Å². The molecule has 2 aromatic rings. The summed E-state index contributed by atoms with van der Waals surface area (Å²) in [6.45, 7) is 0.0703. The van der Waals surface area contributed by atoms with Crippen molar-refractivity contribution in [2.45, 2.75) is 11.4 Å². The Bertz CT molecular complexity index is 713. The normalized spacial score (nSPS) is 11.4. The Morgan fingerprint density at radius 1 is 1.19 bits per heavy atom. The highest BCUT2D eigenvalue weighted by atomic mass is 35.5. The average molecular weight is 347 g/mol. The Morgan fingerprint density at radius 2 is 1.86 bits per heavy atom. The van der Waals surface area contributed by atoms with Crippen LogP contribution < -0.4 is 9.46 Å². The molecule has 0 fully saturated rings. The van der Waals surface area contributed by atoms with Crippen molar-refractivity contribution < 1.29 is 13.2 Å². The quantitative estimate of drug-likeness (QED) is 0.903. The van der Waals surface area contributed by atoms with Crippen LogP contribution in [0.25, 0.3) is 0 Å². The molecule has 0 saturated heterocycles. The van der Waals surface area contributed by atoms with Crippen LogP contribution in [0.2, 0.25) is 10.0 Å². The number of nitrogens with zero attached hydrogens (tertiary/aromatic N) is 1. The van der Waals surface area contributed by atoms with Gasteiger partial charge >= 0.3 is 0 Å². The van der Waals surface area contributed by atoms with Crippen LogP contribution in [0, 0.1) is 0 Å². The zero-order valence-corrected chi connectivity index (χ0v) is 13.3. The van der Waals surface area contributed by atoms with Gasteiger partial charge in [-0.05, 0) is 17.7 Å². The lowest BCUT2D eigenvalue weighted by atomic mass is 10.3. The second-order valence-corrected chi connectivity index (χ2v) is 6.60. The highest BCUT2D eigenvalue weighted by Gasteiger charge is 2.21. The minimum absolute atomic E-state index is 0.0703. The molecule has 0 spiro atoms. The summed E-state index contributed by atoms with van der Waals surface area (Å²) in [7, 11) is -2.30. The highest BCUT2D eigenvalue weighted by molar-refractivity contribution is 7.89. The summed E-state index contributed by atoms with van der Waals surface area (Å²) in [4.78, 5) is 3.87. The van der Waals surface area contributed by atoms with E-state index in [1.54, 1.807) is 18.2 Å². The molecular weight excluding hydrogens is 335 g/mol. The number of aromatic nitrogens is 1. The van der Waals surface area contributed by atoms with Gasteiger partial charge < -0.3 is 4.74 Å². The number of sulfonamides is 1. The first-order valence-corrected chi connectivity index (χ1v) is 8.10. The molecule has 2 rings (SSSR count). The van der Waals surface area contributed by atoms with Crippen LogP contribution in [0.1, 0.15) is 5.56 Å². The molecular formula is C13H12Cl2N2O3S. The molecule has 0 atom stereocenters. The van der Waals surface area contributed by atoms with E-state index in [1.165, 1.54) is 25.4 Å². The second kappa shape index (κ2) is 6.62. The van der Waals surface area contributed by atoms with Crippen molar-refractivity contribution in [3.8, 4) is 5.88 Å². The molecule has 0 radical (unpaired) electrons. The third-order valence-corrected chi connectivity index (χ3v) is 5.02. The fraction of sp³-hybridized carbons (Fsp3) is 0.154. The van der Waals surface area contributed by atoms with Crippen LogP contribution in [-0.2, 0) is 16.6 Å². The number of pyridine rings is 1. The summed E-state index contributed by atoms with van der Waals surface area (Å²) in [5, 5.41) is 0.144. The zero-order chi connectivity index (χ0) is 15.5. The van der Waals surface area contributed by atoms with Gasteiger partial charge in [0.2, 0.25) is 15.9 Å². The van der Waals surface area contributed by atoms with Crippen LogP contribution in [0.4, 0.5) is 0 Å². The van der Waals surface area contributed by atoms with Crippen LogP contribution in [-0.4, -0.2) is 20.5 Å².